The molecular weight excluding hydrogens is 250 g/mol. The maximum absolute atomic E-state index is 13.6. The molecule has 1 aliphatic rings. The van der Waals surface area contributed by atoms with Crippen molar-refractivity contribution < 1.29 is 13.6 Å². The van der Waals surface area contributed by atoms with Crippen molar-refractivity contribution in [3.05, 3.63) is 35.4 Å². The molecule has 1 aliphatic heterocycles. The van der Waals surface area contributed by atoms with Crippen molar-refractivity contribution >= 4 is 5.78 Å². The summed E-state index contributed by atoms with van der Waals surface area (Å²) in [7, 11) is 0. The first-order chi connectivity index (χ1) is 9.11. The van der Waals surface area contributed by atoms with E-state index in [9.17, 15) is 13.6 Å². The first-order valence-electron chi connectivity index (χ1n) is 6.53. The van der Waals surface area contributed by atoms with Crippen LogP contribution in [-0.4, -0.2) is 36.9 Å². The molecule has 0 bridgehead atoms. The highest BCUT2D eigenvalue weighted by Gasteiger charge is 2.27. The van der Waals surface area contributed by atoms with Crippen LogP contribution >= 0.6 is 0 Å². The molecule has 1 fully saturated rings. The summed E-state index contributed by atoms with van der Waals surface area (Å²) in [6, 6.07) is 3.12. The lowest BCUT2D eigenvalue weighted by atomic mass is 9.88. The molecule has 2 rings (SSSR count). The number of piperidine rings is 1. The van der Waals surface area contributed by atoms with Gasteiger partial charge in [-0.1, -0.05) is 0 Å². The lowest BCUT2D eigenvalue weighted by Gasteiger charge is -2.30. The van der Waals surface area contributed by atoms with Crippen molar-refractivity contribution in [2.75, 3.05) is 26.2 Å². The average molecular weight is 268 g/mol. The molecule has 1 aromatic rings. The van der Waals surface area contributed by atoms with Crippen LogP contribution in [0.5, 0.6) is 0 Å². The summed E-state index contributed by atoms with van der Waals surface area (Å²) in [4.78, 5) is 14.4. The Morgan fingerprint density at radius 2 is 2.00 bits per heavy atom. The van der Waals surface area contributed by atoms with E-state index in [-0.39, 0.29) is 17.3 Å². The smallest absolute Gasteiger partial charge is 0.168 e. The summed E-state index contributed by atoms with van der Waals surface area (Å²) < 4.78 is 26.4. The number of nitrogens with two attached hydrogens (primary N) is 1. The summed E-state index contributed by atoms with van der Waals surface area (Å²) in [5.41, 5.74) is 5.48. The molecule has 0 amide bonds. The Bertz CT molecular complexity index is 457. The van der Waals surface area contributed by atoms with E-state index < -0.39 is 11.6 Å². The van der Waals surface area contributed by atoms with Crippen molar-refractivity contribution in [1.29, 1.82) is 0 Å². The standard InChI is InChI=1S/C14H18F2N2O/c15-11-1-2-12(13(16)9-11)14(19)10-3-6-18(7-4-10)8-5-17/h1-2,9-10H,3-8,17H2. The van der Waals surface area contributed by atoms with Crippen molar-refractivity contribution in [3.63, 3.8) is 0 Å². The Morgan fingerprint density at radius 1 is 1.32 bits per heavy atom. The van der Waals surface area contributed by atoms with Gasteiger partial charge in [0.1, 0.15) is 11.6 Å². The van der Waals surface area contributed by atoms with E-state index in [1.54, 1.807) is 0 Å². The highest BCUT2D eigenvalue weighted by Crippen LogP contribution is 2.23. The zero-order valence-electron chi connectivity index (χ0n) is 10.7. The lowest BCUT2D eigenvalue weighted by molar-refractivity contribution is 0.0838. The molecule has 0 saturated carbocycles. The first kappa shape index (κ1) is 14.1. The van der Waals surface area contributed by atoms with Gasteiger partial charge in [0, 0.05) is 25.1 Å². The highest BCUT2D eigenvalue weighted by molar-refractivity contribution is 5.98. The highest BCUT2D eigenvalue weighted by atomic mass is 19.1. The molecule has 1 heterocycles. The van der Waals surface area contributed by atoms with Gasteiger partial charge in [0.2, 0.25) is 0 Å². The second kappa shape index (κ2) is 6.21. The molecule has 104 valence electrons. The van der Waals surface area contributed by atoms with Gasteiger partial charge in [0.05, 0.1) is 5.56 Å². The Labute approximate surface area is 111 Å². The molecule has 1 saturated heterocycles. The molecular formula is C14H18F2N2O. The van der Waals surface area contributed by atoms with Gasteiger partial charge in [0.15, 0.2) is 5.78 Å². The minimum Gasteiger partial charge on any atom is -0.329 e. The molecule has 2 N–H and O–H groups in total. The number of benzene rings is 1. The maximum Gasteiger partial charge on any atom is 0.168 e. The van der Waals surface area contributed by atoms with Gasteiger partial charge in [-0.25, -0.2) is 8.78 Å². The van der Waals surface area contributed by atoms with Crippen molar-refractivity contribution in [3.8, 4) is 0 Å². The molecule has 0 aliphatic carbocycles. The Balaban J connectivity index is 2.01. The van der Waals surface area contributed by atoms with Crippen LogP contribution in [0.4, 0.5) is 8.78 Å². The Morgan fingerprint density at radius 3 is 2.58 bits per heavy atom. The van der Waals surface area contributed by atoms with Crippen LogP contribution in [0.3, 0.4) is 0 Å². The number of hydrogen-bond acceptors (Lipinski definition) is 3. The third-order valence-corrected chi connectivity index (χ3v) is 3.60. The fourth-order valence-corrected chi connectivity index (χ4v) is 2.51. The fraction of sp³-hybridized carbons (Fsp3) is 0.500. The van der Waals surface area contributed by atoms with Crippen LogP contribution < -0.4 is 5.73 Å². The second-order valence-corrected chi connectivity index (χ2v) is 4.89. The zero-order valence-corrected chi connectivity index (χ0v) is 10.7. The molecule has 0 spiro atoms. The zero-order chi connectivity index (χ0) is 13.8. The van der Waals surface area contributed by atoms with Gasteiger partial charge >= 0.3 is 0 Å². The largest absolute Gasteiger partial charge is 0.329 e. The predicted octanol–water partition coefficient (Wildman–Crippen LogP) is 1.82. The molecule has 5 heteroatoms. The summed E-state index contributed by atoms with van der Waals surface area (Å²) >= 11 is 0. The van der Waals surface area contributed by atoms with E-state index in [1.807, 2.05) is 0 Å². The number of likely N-dealkylation sites (tertiary alicyclic amines) is 1. The van der Waals surface area contributed by atoms with E-state index in [4.69, 9.17) is 5.73 Å². The molecule has 1 aromatic carbocycles. The van der Waals surface area contributed by atoms with Crippen LogP contribution in [0, 0.1) is 17.6 Å². The van der Waals surface area contributed by atoms with E-state index in [0.29, 0.717) is 19.4 Å². The molecule has 0 radical (unpaired) electrons. The van der Waals surface area contributed by atoms with Crippen molar-refractivity contribution in [1.82, 2.24) is 4.90 Å². The number of Topliss-reactive ketones (excluding diaryl/α,β-unsaturated/α-hetero) is 1. The normalized spacial score (nSPS) is 17.6. The number of halogens is 2. The van der Waals surface area contributed by atoms with Gasteiger partial charge in [0.25, 0.3) is 0 Å². The molecule has 0 aromatic heterocycles. The van der Waals surface area contributed by atoms with Gasteiger partial charge < -0.3 is 10.6 Å². The average Bonchev–Trinajstić information content (AvgIpc) is 2.39. The van der Waals surface area contributed by atoms with Crippen LogP contribution in [0.25, 0.3) is 0 Å². The maximum atomic E-state index is 13.6. The number of ketones is 1. The van der Waals surface area contributed by atoms with Gasteiger partial charge in [-0.05, 0) is 38.1 Å². The van der Waals surface area contributed by atoms with Gasteiger partial charge in [-0.3, -0.25) is 4.79 Å². The fourth-order valence-electron chi connectivity index (χ4n) is 2.51. The molecule has 19 heavy (non-hydrogen) atoms. The molecule has 0 atom stereocenters. The number of rotatable bonds is 4. The first-order valence-corrected chi connectivity index (χ1v) is 6.53. The number of hydrogen-bond donors (Lipinski definition) is 1. The van der Waals surface area contributed by atoms with Gasteiger partial charge in [-0.15, -0.1) is 0 Å². The van der Waals surface area contributed by atoms with Crippen molar-refractivity contribution in [2.24, 2.45) is 11.7 Å². The van der Waals surface area contributed by atoms with Gasteiger partial charge in [-0.2, -0.15) is 0 Å². The SMILES string of the molecule is NCCN1CCC(C(=O)c2ccc(F)cc2F)CC1. The molecule has 0 unspecified atom stereocenters. The summed E-state index contributed by atoms with van der Waals surface area (Å²) in [5.74, 6) is -1.82. The quantitative estimate of drug-likeness (QED) is 0.847. The van der Waals surface area contributed by atoms with E-state index in [1.165, 1.54) is 6.07 Å². The van der Waals surface area contributed by atoms with E-state index >= 15 is 0 Å². The topological polar surface area (TPSA) is 46.3 Å². The number of nitrogens with zero attached hydrogens (tertiary/aromatic N) is 1. The minimum absolute atomic E-state index is 0.00123. The molecule has 3 nitrogen and oxygen atoms in total. The van der Waals surface area contributed by atoms with Crippen LogP contribution in [0.2, 0.25) is 0 Å². The second-order valence-electron chi connectivity index (χ2n) is 4.89. The Hall–Kier alpha value is -1.33. The van der Waals surface area contributed by atoms with Crippen LogP contribution in [-0.2, 0) is 0 Å². The summed E-state index contributed by atoms with van der Waals surface area (Å²) in [6.07, 6.45) is 1.41. The monoisotopic (exact) mass is 268 g/mol. The third-order valence-electron chi connectivity index (χ3n) is 3.60. The van der Waals surface area contributed by atoms with E-state index in [2.05, 4.69) is 4.90 Å². The summed E-state index contributed by atoms with van der Waals surface area (Å²) in [5, 5.41) is 0. The van der Waals surface area contributed by atoms with Crippen LogP contribution in [0.15, 0.2) is 18.2 Å². The Kier molecular flexibility index (Phi) is 4.61. The lowest BCUT2D eigenvalue weighted by Crippen LogP contribution is -2.39. The predicted molar refractivity (Wildman–Crippen MR) is 68.9 cm³/mol. The third kappa shape index (κ3) is 3.36. The minimum atomic E-state index is -0.769. The summed E-state index contributed by atoms with van der Waals surface area (Å²) in [6.45, 7) is 3.03. The number of carbonyl (C=O) groups excluding carboxylic acids is 1. The van der Waals surface area contributed by atoms with Crippen molar-refractivity contribution in [2.45, 2.75) is 12.8 Å². The number of carbonyl (C=O) groups is 1. The van der Waals surface area contributed by atoms with Crippen LogP contribution in [0.1, 0.15) is 23.2 Å². The van der Waals surface area contributed by atoms with E-state index in [0.717, 1.165) is 31.8 Å².